The van der Waals surface area contributed by atoms with Crippen LogP contribution in [0, 0.1) is 0 Å². The second-order valence-corrected chi connectivity index (χ2v) is 8.31. The first-order valence-electron chi connectivity index (χ1n) is 9.87. The average Bonchev–Trinajstić information content (AvgIpc) is 3.04. The van der Waals surface area contributed by atoms with Crippen LogP contribution in [0.5, 0.6) is 11.5 Å². The van der Waals surface area contributed by atoms with Gasteiger partial charge < -0.3 is 50.0 Å². The van der Waals surface area contributed by atoms with E-state index in [0.717, 1.165) is 0 Å². The number of aliphatic hydroxyl groups is 6. The fourth-order valence-electron chi connectivity index (χ4n) is 3.75. The maximum atomic E-state index is 11.1. The molecule has 1 aromatic carbocycles. The van der Waals surface area contributed by atoms with Crippen molar-refractivity contribution in [1.29, 1.82) is 0 Å². The summed E-state index contributed by atoms with van der Waals surface area (Å²) in [7, 11) is 0. The predicted octanol–water partition coefficient (Wildman–Crippen LogP) is -1.55. The molecule has 2 aliphatic heterocycles. The van der Waals surface area contributed by atoms with Gasteiger partial charge in [-0.2, -0.15) is 0 Å². The van der Waals surface area contributed by atoms with E-state index in [-0.39, 0.29) is 29.9 Å². The summed E-state index contributed by atoms with van der Waals surface area (Å²) in [4.78, 5) is 11.1. The van der Waals surface area contributed by atoms with E-state index in [1.807, 2.05) is 0 Å². The van der Waals surface area contributed by atoms with Crippen molar-refractivity contribution in [3.05, 3.63) is 23.3 Å². The van der Waals surface area contributed by atoms with Gasteiger partial charge in [-0.25, -0.2) is 0 Å². The molecule has 2 aliphatic rings. The van der Waals surface area contributed by atoms with Crippen molar-refractivity contribution in [3.63, 3.8) is 0 Å². The highest BCUT2D eigenvalue weighted by Gasteiger charge is 2.48. The first kappa shape index (κ1) is 23.7. The van der Waals surface area contributed by atoms with Crippen molar-refractivity contribution < 1.29 is 54.8 Å². The van der Waals surface area contributed by atoms with Crippen LogP contribution in [0.4, 0.5) is 0 Å². The molecule has 0 unspecified atom stereocenters. The van der Waals surface area contributed by atoms with Gasteiger partial charge in [0.2, 0.25) is 6.29 Å². The molecule has 7 atom stereocenters. The zero-order valence-electron chi connectivity index (χ0n) is 17.1. The Morgan fingerprint density at radius 1 is 1.13 bits per heavy atom. The Hall–Kier alpha value is -1.99. The zero-order valence-corrected chi connectivity index (χ0v) is 17.1. The smallest absolute Gasteiger partial charge is 0.303 e. The number of aliphatic carboxylic acids is 1. The second kappa shape index (κ2) is 8.87. The SMILES string of the molecule is CC(C)(O)[C@@H]1Oc2ccc(CCC(=O)O)c(O[C@@H]3O[C@H](CO)[C@H](O)[C@H](O)[C@H]3O)c2[C@@H]1O. The van der Waals surface area contributed by atoms with Crippen LogP contribution in [0.15, 0.2) is 12.1 Å². The van der Waals surface area contributed by atoms with E-state index < -0.39 is 61.1 Å². The van der Waals surface area contributed by atoms with Crippen molar-refractivity contribution in [2.75, 3.05) is 6.61 Å². The van der Waals surface area contributed by atoms with Gasteiger partial charge in [0.25, 0.3) is 0 Å². The van der Waals surface area contributed by atoms with Crippen LogP contribution >= 0.6 is 0 Å². The number of ether oxygens (including phenoxy) is 3. The standard InChI is InChI=1S/C20H28O11/c1-20(2,28)18-14(25)12-9(29-18)5-3-8(4-6-11(22)23)17(12)31-19-16(27)15(26)13(24)10(7-21)30-19/h3,5,10,13-16,18-19,21,24-28H,4,6-7H2,1-2H3,(H,22,23)/t10-,13+,14+,15+,16-,18-,19+/m1/s1. The van der Waals surface area contributed by atoms with E-state index in [2.05, 4.69) is 0 Å². The van der Waals surface area contributed by atoms with Gasteiger partial charge in [-0.1, -0.05) is 6.07 Å². The summed E-state index contributed by atoms with van der Waals surface area (Å²) in [5, 5.41) is 69.9. The fourth-order valence-corrected chi connectivity index (χ4v) is 3.75. The molecule has 11 heteroatoms. The minimum Gasteiger partial charge on any atom is -0.484 e. The molecule has 31 heavy (non-hydrogen) atoms. The summed E-state index contributed by atoms with van der Waals surface area (Å²) in [6.45, 7) is 2.25. The van der Waals surface area contributed by atoms with Crippen LogP contribution in [-0.2, 0) is 16.0 Å². The average molecular weight is 444 g/mol. The van der Waals surface area contributed by atoms with Gasteiger partial charge >= 0.3 is 5.97 Å². The molecule has 0 radical (unpaired) electrons. The quantitative estimate of drug-likeness (QED) is 0.258. The van der Waals surface area contributed by atoms with Crippen molar-refractivity contribution in [2.45, 2.75) is 75.2 Å². The van der Waals surface area contributed by atoms with Crippen LogP contribution in [0.1, 0.15) is 37.5 Å². The molecule has 2 heterocycles. The van der Waals surface area contributed by atoms with E-state index in [4.69, 9.17) is 19.3 Å². The Labute approximate surface area is 178 Å². The minimum atomic E-state index is -1.70. The molecule has 0 amide bonds. The summed E-state index contributed by atoms with van der Waals surface area (Å²) in [5.74, 6) is -0.897. The summed E-state index contributed by atoms with van der Waals surface area (Å²) in [6.07, 6.45) is -10.4. The van der Waals surface area contributed by atoms with E-state index in [0.29, 0.717) is 5.56 Å². The normalized spacial score (nSPS) is 33.0. The Morgan fingerprint density at radius 2 is 1.81 bits per heavy atom. The lowest BCUT2D eigenvalue weighted by atomic mass is 9.92. The number of hydrogen-bond acceptors (Lipinski definition) is 10. The third kappa shape index (κ3) is 4.62. The highest BCUT2D eigenvalue weighted by molar-refractivity contribution is 5.67. The van der Waals surface area contributed by atoms with Crippen molar-refractivity contribution in [2.24, 2.45) is 0 Å². The summed E-state index contributed by atoms with van der Waals surface area (Å²) in [5.41, 5.74) is -0.941. The Bertz CT molecular complexity index is 803. The Morgan fingerprint density at radius 3 is 2.39 bits per heavy atom. The zero-order chi connectivity index (χ0) is 23.1. The molecular weight excluding hydrogens is 416 g/mol. The molecule has 0 aliphatic carbocycles. The predicted molar refractivity (Wildman–Crippen MR) is 102 cm³/mol. The molecule has 0 spiro atoms. The second-order valence-electron chi connectivity index (χ2n) is 8.31. The summed E-state index contributed by atoms with van der Waals surface area (Å²) >= 11 is 0. The molecule has 7 N–H and O–H groups in total. The van der Waals surface area contributed by atoms with Gasteiger partial charge in [-0.05, 0) is 31.9 Å². The third-order valence-electron chi connectivity index (χ3n) is 5.46. The number of aliphatic hydroxyl groups excluding tert-OH is 5. The van der Waals surface area contributed by atoms with Gasteiger partial charge in [0.1, 0.15) is 42.0 Å². The first-order valence-corrected chi connectivity index (χ1v) is 9.87. The lowest BCUT2D eigenvalue weighted by Crippen LogP contribution is -2.60. The van der Waals surface area contributed by atoms with E-state index >= 15 is 0 Å². The third-order valence-corrected chi connectivity index (χ3v) is 5.46. The molecule has 0 aromatic heterocycles. The molecule has 0 saturated carbocycles. The maximum Gasteiger partial charge on any atom is 0.303 e. The number of benzene rings is 1. The van der Waals surface area contributed by atoms with E-state index in [1.165, 1.54) is 26.0 Å². The summed E-state index contributed by atoms with van der Waals surface area (Å²) < 4.78 is 16.8. The lowest BCUT2D eigenvalue weighted by Gasteiger charge is -2.40. The number of carbonyl (C=O) groups is 1. The monoisotopic (exact) mass is 444 g/mol. The van der Waals surface area contributed by atoms with Crippen LogP contribution < -0.4 is 9.47 Å². The number of fused-ring (bicyclic) bond motifs is 1. The fraction of sp³-hybridized carbons (Fsp3) is 0.650. The van der Waals surface area contributed by atoms with Crippen molar-refractivity contribution in [1.82, 2.24) is 0 Å². The molecule has 1 aromatic rings. The molecule has 1 saturated heterocycles. The van der Waals surface area contributed by atoms with Gasteiger partial charge in [-0.15, -0.1) is 0 Å². The number of hydrogen-bond donors (Lipinski definition) is 7. The Balaban J connectivity index is 2.00. The van der Waals surface area contributed by atoms with Gasteiger partial charge in [0.15, 0.2) is 6.10 Å². The van der Waals surface area contributed by atoms with E-state index in [1.54, 1.807) is 0 Å². The maximum absolute atomic E-state index is 11.1. The molecule has 174 valence electrons. The van der Waals surface area contributed by atoms with Gasteiger partial charge in [-0.3, -0.25) is 4.79 Å². The van der Waals surface area contributed by atoms with Crippen molar-refractivity contribution >= 4 is 5.97 Å². The molecule has 3 rings (SSSR count). The van der Waals surface area contributed by atoms with Crippen LogP contribution in [0.25, 0.3) is 0 Å². The summed E-state index contributed by atoms with van der Waals surface area (Å²) in [6, 6.07) is 3.04. The van der Waals surface area contributed by atoms with Gasteiger partial charge in [0.05, 0.1) is 17.8 Å². The van der Waals surface area contributed by atoms with Crippen LogP contribution in [0.3, 0.4) is 0 Å². The first-order chi connectivity index (χ1) is 14.5. The van der Waals surface area contributed by atoms with Crippen molar-refractivity contribution in [3.8, 4) is 11.5 Å². The molecule has 1 fully saturated rings. The highest BCUT2D eigenvalue weighted by Crippen LogP contribution is 2.48. The largest absolute Gasteiger partial charge is 0.484 e. The molecule has 11 nitrogen and oxygen atoms in total. The topological polar surface area (TPSA) is 186 Å². The van der Waals surface area contributed by atoms with Gasteiger partial charge in [0, 0.05) is 6.42 Å². The molecule has 0 bridgehead atoms. The Kier molecular flexibility index (Phi) is 6.77. The minimum absolute atomic E-state index is 0.00920. The number of carboxylic acids is 1. The number of rotatable bonds is 7. The molecular formula is C20H28O11. The van der Waals surface area contributed by atoms with E-state index in [9.17, 15) is 35.4 Å². The lowest BCUT2D eigenvalue weighted by molar-refractivity contribution is -0.277. The number of aryl methyl sites for hydroxylation is 1. The number of carboxylic acid groups (broad SMARTS) is 1. The highest BCUT2D eigenvalue weighted by atomic mass is 16.7. The van der Waals surface area contributed by atoms with Crippen LogP contribution in [0.2, 0.25) is 0 Å². The van der Waals surface area contributed by atoms with Crippen LogP contribution in [-0.4, -0.2) is 90.7 Å².